The van der Waals surface area contributed by atoms with Gasteiger partial charge in [0.25, 0.3) is 0 Å². The second kappa shape index (κ2) is 6.52. The van der Waals surface area contributed by atoms with Crippen LogP contribution in [0.3, 0.4) is 0 Å². The van der Waals surface area contributed by atoms with Crippen molar-refractivity contribution in [3.63, 3.8) is 0 Å². The minimum absolute atomic E-state index is 0. The predicted molar refractivity (Wildman–Crippen MR) is 74.9 cm³/mol. The number of nitrogens with zero attached hydrogens (tertiary/aromatic N) is 1. The summed E-state index contributed by atoms with van der Waals surface area (Å²) in [5.74, 6) is -0.138. The van der Waals surface area contributed by atoms with Crippen molar-refractivity contribution in [3.05, 3.63) is 21.9 Å². The highest BCUT2D eigenvalue weighted by molar-refractivity contribution is 7.11. The lowest BCUT2D eigenvalue weighted by molar-refractivity contribution is -0.134. The van der Waals surface area contributed by atoms with Crippen molar-refractivity contribution in [2.24, 2.45) is 5.73 Å². The number of nitrogens with two attached hydrogens (primary N) is 1. The maximum atomic E-state index is 12.0. The number of halogens is 1. The van der Waals surface area contributed by atoms with Gasteiger partial charge in [-0.25, -0.2) is 0 Å². The third-order valence-corrected chi connectivity index (χ3v) is 3.89. The molecule has 0 unspecified atom stereocenters. The molecule has 0 spiro atoms. The van der Waals surface area contributed by atoms with Crippen molar-refractivity contribution >= 4 is 29.7 Å². The summed E-state index contributed by atoms with van der Waals surface area (Å²) in [5.41, 5.74) is 5.60. The third-order valence-electron chi connectivity index (χ3n) is 2.91. The second-order valence-corrected chi connectivity index (χ2v) is 5.87. The van der Waals surface area contributed by atoms with E-state index in [1.807, 2.05) is 11.0 Å². The van der Waals surface area contributed by atoms with Crippen molar-refractivity contribution in [1.82, 2.24) is 4.90 Å². The first-order chi connectivity index (χ1) is 8.11. The Balaban J connectivity index is 0.00000162. The average molecular weight is 291 g/mol. The Bertz CT molecular complexity index is 407. The average Bonchev–Trinajstić information content (AvgIpc) is 3.08. The molecule has 6 heteroatoms. The summed E-state index contributed by atoms with van der Waals surface area (Å²) in [6.07, 6.45) is 2.10. The van der Waals surface area contributed by atoms with Crippen LogP contribution in [0.5, 0.6) is 0 Å². The van der Waals surface area contributed by atoms with Gasteiger partial charge in [-0.2, -0.15) is 0 Å². The Morgan fingerprint density at radius 2 is 2.28 bits per heavy atom. The van der Waals surface area contributed by atoms with Crippen LogP contribution in [0.1, 0.15) is 22.6 Å². The fourth-order valence-electron chi connectivity index (χ4n) is 1.80. The normalized spacial score (nSPS) is 15.9. The maximum Gasteiger partial charge on any atom is 0.242 e. The SMILES string of the molecule is Cc1ccc(CN(C(=O)[C@@H](N)CO)C2CC2)s1.Cl. The lowest BCUT2D eigenvalue weighted by Gasteiger charge is -2.24. The van der Waals surface area contributed by atoms with Crippen LogP contribution in [-0.2, 0) is 11.3 Å². The molecule has 18 heavy (non-hydrogen) atoms. The van der Waals surface area contributed by atoms with Crippen molar-refractivity contribution in [1.29, 1.82) is 0 Å². The summed E-state index contributed by atoms with van der Waals surface area (Å²) < 4.78 is 0. The molecular formula is C12H19ClN2O2S. The van der Waals surface area contributed by atoms with E-state index in [1.54, 1.807) is 11.3 Å². The van der Waals surface area contributed by atoms with Crippen molar-refractivity contribution < 1.29 is 9.90 Å². The van der Waals surface area contributed by atoms with E-state index < -0.39 is 6.04 Å². The topological polar surface area (TPSA) is 66.6 Å². The van der Waals surface area contributed by atoms with E-state index in [1.165, 1.54) is 9.75 Å². The van der Waals surface area contributed by atoms with Gasteiger partial charge in [0.1, 0.15) is 6.04 Å². The Kier molecular flexibility index (Phi) is 5.59. The first-order valence-corrected chi connectivity index (χ1v) is 6.65. The van der Waals surface area contributed by atoms with Crippen molar-refractivity contribution in [3.8, 4) is 0 Å². The van der Waals surface area contributed by atoms with Crippen LogP contribution in [0.15, 0.2) is 12.1 Å². The zero-order chi connectivity index (χ0) is 12.4. The molecule has 102 valence electrons. The van der Waals surface area contributed by atoms with Gasteiger partial charge in [-0.1, -0.05) is 0 Å². The van der Waals surface area contributed by atoms with Crippen LogP contribution >= 0.6 is 23.7 Å². The van der Waals surface area contributed by atoms with Crippen LogP contribution in [0, 0.1) is 6.92 Å². The molecule has 0 aliphatic heterocycles. The molecule has 1 saturated carbocycles. The minimum Gasteiger partial charge on any atom is -0.394 e. The van der Waals surface area contributed by atoms with Gasteiger partial charge in [0.15, 0.2) is 0 Å². The Morgan fingerprint density at radius 1 is 1.61 bits per heavy atom. The predicted octanol–water partition coefficient (Wildman–Crippen LogP) is 1.29. The molecule has 1 aromatic heterocycles. The van der Waals surface area contributed by atoms with E-state index in [4.69, 9.17) is 10.8 Å². The zero-order valence-corrected chi connectivity index (χ0v) is 12.0. The molecule has 1 aromatic rings. The third kappa shape index (κ3) is 3.68. The van der Waals surface area contributed by atoms with Gasteiger partial charge < -0.3 is 15.7 Å². The molecule has 0 bridgehead atoms. The van der Waals surface area contributed by atoms with Gasteiger partial charge in [0.05, 0.1) is 13.2 Å². The Morgan fingerprint density at radius 3 is 2.72 bits per heavy atom. The number of hydrogen-bond donors (Lipinski definition) is 2. The molecule has 1 heterocycles. The van der Waals surface area contributed by atoms with Gasteiger partial charge in [-0.15, -0.1) is 23.7 Å². The van der Waals surface area contributed by atoms with Crippen LogP contribution in [0.2, 0.25) is 0 Å². The molecular weight excluding hydrogens is 272 g/mol. The minimum atomic E-state index is -0.781. The quantitative estimate of drug-likeness (QED) is 0.859. The largest absolute Gasteiger partial charge is 0.394 e. The summed E-state index contributed by atoms with van der Waals surface area (Å²) in [6, 6.07) is 3.65. The molecule has 1 aliphatic rings. The number of rotatable bonds is 5. The van der Waals surface area contributed by atoms with E-state index in [0.717, 1.165) is 12.8 Å². The maximum absolute atomic E-state index is 12.0. The molecule has 1 amide bonds. The van der Waals surface area contributed by atoms with E-state index >= 15 is 0 Å². The van der Waals surface area contributed by atoms with Crippen LogP contribution in [0.4, 0.5) is 0 Å². The van der Waals surface area contributed by atoms with Gasteiger partial charge in [-0.05, 0) is 31.9 Å². The molecule has 4 nitrogen and oxygen atoms in total. The summed E-state index contributed by atoms with van der Waals surface area (Å²) in [5, 5.41) is 8.96. The first kappa shape index (κ1) is 15.4. The number of carbonyl (C=O) groups is 1. The zero-order valence-electron chi connectivity index (χ0n) is 10.3. The molecule has 3 N–H and O–H groups in total. The number of amides is 1. The van der Waals surface area contributed by atoms with E-state index in [0.29, 0.717) is 12.6 Å². The molecule has 0 aromatic carbocycles. The lowest BCUT2D eigenvalue weighted by Crippen LogP contribution is -2.46. The summed E-state index contributed by atoms with van der Waals surface area (Å²) in [7, 11) is 0. The lowest BCUT2D eigenvalue weighted by atomic mass is 10.2. The molecule has 0 saturated heterocycles. The van der Waals surface area contributed by atoms with Crippen molar-refractivity contribution in [2.75, 3.05) is 6.61 Å². The van der Waals surface area contributed by atoms with Crippen LogP contribution < -0.4 is 5.73 Å². The van der Waals surface area contributed by atoms with Gasteiger partial charge in [0, 0.05) is 15.8 Å². The number of thiophene rings is 1. The highest BCUT2D eigenvalue weighted by Gasteiger charge is 2.34. The number of carbonyl (C=O) groups excluding carboxylic acids is 1. The first-order valence-electron chi connectivity index (χ1n) is 5.84. The standard InChI is InChI=1S/C12H18N2O2S.ClH/c1-8-2-5-10(17-8)6-14(9-3-4-9)12(16)11(13)7-15;/h2,5,9,11,15H,3-4,6-7,13H2,1H3;1H/t11-;/m0./s1. The number of hydrogen-bond acceptors (Lipinski definition) is 4. The molecule has 2 rings (SSSR count). The summed E-state index contributed by atoms with van der Waals surface area (Å²) in [6.45, 7) is 2.39. The number of aliphatic hydroxyl groups excluding tert-OH is 1. The molecule has 1 aliphatic carbocycles. The molecule has 1 atom stereocenters. The van der Waals surface area contributed by atoms with E-state index in [-0.39, 0.29) is 24.9 Å². The number of aryl methyl sites for hydroxylation is 1. The van der Waals surface area contributed by atoms with E-state index in [2.05, 4.69) is 13.0 Å². The van der Waals surface area contributed by atoms with Gasteiger partial charge >= 0.3 is 0 Å². The highest BCUT2D eigenvalue weighted by Crippen LogP contribution is 2.30. The van der Waals surface area contributed by atoms with Crippen molar-refractivity contribution in [2.45, 2.75) is 38.4 Å². The molecule has 1 fully saturated rings. The molecule has 0 radical (unpaired) electrons. The number of aliphatic hydroxyl groups is 1. The van der Waals surface area contributed by atoms with Gasteiger partial charge in [-0.3, -0.25) is 4.79 Å². The fraction of sp³-hybridized carbons (Fsp3) is 0.583. The van der Waals surface area contributed by atoms with Crippen LogP contribution in [0.25, 0.3) is 0 Å². The highest BCUT2D eigenvalue weighted by atomic mass is 35.5. The Labute approximate surface area is 117 Å². The van der Waals surface area contributed by atoms with Crippen LogP contribution in [-0.4, -0.2) is 34.6 Å². The monoisotopic (exact) mass is 290 g/mol. The van der Waals surface area contributed by atoms with E-state index in [9.17, 15) is 4.79 Å². The summed E-state index contributed by atoms with van der Waals surface area (Å²) >= 11 is 1.70. The summed E-state index contributed by atoms with van der Waals surface area (Å²) in [4.78, 5) is 16.2. The van der Waals surface area contributed by atoms with Gasteiger partial charge in [0.2, 0.25) is 5.91 Å². The second-order valence-electron chi connectivity index (χ2n) is 4.50. The smallest absolute Gasteiger partial charge is 0.242 e. The Hall–Kier alpha value is -0.620. The fourth-order valence-corrected chi connectivity index (χ4v) is 2.69.